The minimum absolute atomic E-state index is 0.0206. The number of hydrogen-bond acceptors (Lipinski definition) is 4. The summed E-state index contributed by atoms with van der Waals surface area (Å²) in [5.74, 6) is 0.267. The van der Waals surface area contributed by atoms with Crippen molar-refractivity contribution in [2.45, 2.75) is 44.1 Å². The van der Waals surface area contributed by atoms with Crippen LogP contribution in [0.3, 0.4) is 0 Å². The average molecular weight is 398 g/mol. The number of hydrogen-bond donors (Lipinski definition) is 2. The van der Waals surface area contributed by atoms with E-state index in [1.54, 1.807) is 24.3 Å². The van der Waals surface area contributed by atoms with E-state index in [0.29, 0.717) is 0 Å². The Morgan fingerprint density at radius 1 is 1.03 bits per heavy atom. The zero-order valence-corrected chi connectivity index (χ0v) is 16.1. The van der Waals surface area contributed by atoms with Crippen molar-refractivity contribution in [2.24, 2.45) is 0 Å². The quantitative estimate of drug-likeness (QED) is 0.535. The van der Waals surface area contributed by atoms with Gasteiger partial charge in [-0.05, 0) is 72.8 Å². The van der Waals surface area contributed by atoms with Crippen LogP contribution in [0.5, 0.6) is 5.88 Å². The predicted molar refractivity (Wildman–Crippen MR) is 106 cm³/mol. The summed E-state index contributed by atoms with van der Waals surface area (Å²) in [5.41, 5.74) is 2.80. The molecule has 0 unspecified atom stereocenters. The maximum absolute atomic E-state index is 13.4. The monoisotopic (exact) mass is 398 g/mol. The fourth-order valence-electron chi connectivity index (χ4n) is 4.17. The molecule has 1 aliphatic carbocycles. The molecule has 1 aromatic heterocycles. The first-order chi connectivity index (χ1) is 14.1. The van der Waals surface area contributed by atoms with Crippen LogP contribution in [0.15, 0.2) is 53.1 Å². The molecule has 4 nitrogen and oxygen atoms in total. The van der Waals surface area contributed by atoms with Gasteiger partial charge in [-0.1, -0.05) is 24.3 Å². The number of fused-ring (bicyclic) bond motifs is 1. The molecule has 6 heteroatoms. The molecule has 0 bridgehead atoms. The van der Waals surface area contributed by atoms with Crippen LogP contribution in [-0.2, 0) is 6.42 Å². The van der Waals surface area contributed by atoms with Gasteiger partial charge in [0, 0.05) is 18.4 Å². The van der Waals surface area contributed by atoms with Gasteiger partial charge in [0.2, 0.25) is 0 Å². The van der Waals surface area contributed by atoms with Crippen LogP contribution >= 0.6 is 0 Å². The maximum Gasteiger partial charge on any atom is 0.256 e. The third-order valence-electron chi connectivity index (χ3n) is 5.63. The standard InChI is InChI=1S/C23H24F2N2O2/c24-17-10-6-15(7-11-17)19(16-8-12-18(25)13-9-16)3-2-14-26-20-4-1-5-21-22(20)23(28)27-29-21/h6-13,19-20,26H,1-5,14H2,(H,27,28)/t20-/m1/s1. The van der Waals surface area contributed by atoms with Crippen LogP contribution in [0.1, 0.15) is 60.1 Å². The largest absolute Gasteiger partial charge is 0.491 e. The van der Waals surface area contributed by atoms with Gasteiger partial charge in [-0.2, -0.15) is 0 Å². The highest BCUT2D eigenvalue weighted by atomic mass is 19.1. The summed E-state index contributed by atoms with van der Waals surface area (Å²) in [6.07, 6.45) is 4.43. The highest BCUT2D eigenvalue weighted by molar-refractivity contribution is 5.34. The van der Waals surface area contributed by atoms with Crippen LogP contribution in [0, 0.1) is 11.6 Å². The number of nitrogens with one attached hydrogen (secondary N) is 1. The van der Waals surface area contributed by atoms with E-state index in [1.807, 2.05) is 0 Å². The Morgan fingerprint density at radius 2 is 1.66 bits per heavy atom. The summed E-state index contributed by atoms with van der Waals surface area (Å²) in [7, 11) is 0. The molecule has 152 valence electrons. The van der Waals surface area contributed by atoms with E-state index in [4.69, 9.17) is 4.52 Å². The average Bonchev–Trinajstić information content (AvgIpc) is 3.12. The second-order valence-corrected chi connectivity index (χ2v) is 7.54. The van der Waals surface area contributed by atoms with Crippen molar-refractivity contribution >= 4 is 0 Å². The molecular weight excluding hydrogens is 374 g/mol. The lowest BCUT2D eigenvalue weighted by molar-refractivity contribution is 0.336. The van der Waals surface area contributed by atoms with E-state index in [-0.39, 0.29) is 29.5 Å². The first-order valence-electron chi connectivity index (χ1n) is 10.0. The van der Waals surface area contributed by atoms with E-state index in [0.717, 1.165) is 61.1 Å². The second kappa shape index (κ2) is 8.74. The molecule has 0 radical (unpaired) electrons. The molecule has 1 aliphatic rings. The zero-order valence-electron chi connectivity index (χ0n) is 16.1. The molecule has 0 fully saturated rings. The molecular formula is C23H24F2N2O2. The van der Waals surface area contributed by atoms with Gasteiger partial charge < -0.3 is 14.9 Å². The third kappa shape index (κ3) is 4.48. The Balaban J connectivity index is 1.42. The number of rotatable bonds is 7. The fraction of sp³-hybridized carbons (Fsp3) is 0.348. The van der Waals surface area contributed by atoms with Crippen LogP contribution in [0.4, 0.5) is 8.78 Å². The van der Waals surface area contributed by atoms with Crippen LogP contribution in [-0.4, -0.2) is 16.8 Å². The second-order valence-electron chi connectivity index (χ2n) is 7.54. The number of aromatic nitrogens is 1. The van der Waals surface area contributed by atoms with Crippen molar-refractivity contribution in [1.82, 2.24) is 10.5 Å². The van der Waals surface area contributed by atoms with E-state index in [2.05, 4.69) is 10.5 Å². The SMILES string of the molecule is Oc1noc2c1[C@H](NCCCC(c1ccc(F)cc1)c1ccc(F)cc1)CCC2. The summed E-state index contributed by atoms with van der Waals surface area (Å²) in [4.78, 5) is 0. The summed E-state index contributed by atoms with van der Waals surface area (Å²) >= 11 is 0. The molecule has 0 spiro atoms. The molecule has 29 heavy (non-hydrogen) atoms. The van der Waals surface area contributed by atoms with Gasteiger partial charge in [-0.3, -0.25) is 0 Å². The molecule has 4 rings (SSSR count). The van der Waals surface area contributed by atoms with Crippen molar-refractivity contribution in [3.8, 4) is 5.88 Å². The van der Waals surface area contributed by atoms with Crippen molar-refractivity contribution < 1.29 is 18.4 Å². The fourth-order valence-corrected chi connectivity index (χ4v) is 4.17. The molecule has 0 aliphatic heterocycles. The highest BCUT2D eigenvalue weighted by Crippen LogP contribution is 2.36. The zero-order chi connectivity index (χ0) is 20.2. The minimum atomic E-state index is -0.269. The molecule has 3 aromatic rings. The Morgan fingerprint density at radius 3 is 2.28 bits per heavy atom. The maximum atomic E-state index is 13.4. The van der Waals surface area contributed by atoms with E-state index >= 15 is 0 Å². The molecule has 0 amide bonds. The first kappa shape index (κ1) is 19.6. The third-order valence-corrected chi connectivity index (χ3v) is 5.63. The van der Waals surface area contributed by atoms with Crippen LogP contribution < -0.4 is 5.32 Å². The lowest BCUT2D eigenvalue weighted by atomic mass is 9.87. The summed E-state index contributed by atoms with van der Waals surface area (Å²) in [6, 6.07) is 13.0. The summed E-state index contributed by atoms with van der Waals surface area (Å²) in [5, 5.41) is 17.1. The van der Waals surface area contributed by atoms with Crippen LogP contribution in [0.25, 0.3) is 0 Å². The molecule has 2 N–H and O–H groups in total. The van der Waals surface area contributed by atoms with Gasteiger partial charge >= 0.3 is 0 Å². The Labute approximate surface area is 168 Å². The number of halogens is 2. The summed E-state index contributed by atoms with van der Waals surface area (Å²) in [6.45, 7) is 0.758. The van der Waals surface area contributed by atoms with Gasteiger partial charge in [0.1, 0.15) is 17.4 Å². The lowest BCUT2D eigenvalue weighted by Gasteiger charge is -2.23. The van der Waals surface area contributed by atoms with Crippen LogP contribution in [0.2, 0.25) is 0 Å². The molecule has 1 heterocycles. The van der Waals surface area contributed by atoms with E-state index < -0.39 is 0 Å². The van der Waals surface area contributed by atoms with Crippen molar-refractivity contribution in [2.75, 3.05) is 6.54 Å². The topological polar surface area (TPSA) is 58.3 Å². The van der Waals surface area contributed by atoms with Gasteiger partial charge in [0.05, 0.1) is 5.56 Å². The highest BCUT2D eigenvalue weighted by Gasteiger charge is 2.27. The smallest absolute Gasteiger partial charge is 0.256 e. The Kier molecular flexibility index (Phi) is 5.90. The van der Waals surface area contributed by atoms with Crippen molar-refractivity contribution in [3.05, 3.63) is 82.6 Å². The van der Waals surface area contributed by atoms with Gasteiger partial charge in [-0.15, -0.1) is 0 Å². The number of nitrogens with zero attached hydrogens (tertiary/aromatic N) is 1. The van der Waals surface area contributed by atoms with Gasteiger partial charge in [0.25, 0.3) is 5.88 Å². The molecule has 0 saturated heterocycles. The lowest BCUT2D eigenvalue weighted by Crippen LogP contribution is -2.25. The van der Waals surface area contributed by atoms with E-state index in [1.165, 1.54) is 24.3 Å². The minimum Gasteiger partial charge on any atom is -0.491 e. The Hall–Kier alpha value is -2.73. The molecule has 0 saturated carbocycles. The Bertz CT molecular complexity index is 893. The van der Waals surface area contributed by atoms with E-state index in [9.17, 15) is 13.9 Å². The normalized spacial score (nSPS) is 16.2. The van der Waals surface area contributed by atoms with Crippen molar-refractivity contribution in [1.29, 1.82) is 0 Å². The summed E-state index contributed by atoms with van der Waals surface area (Å²) < 4.78 is 31.9. The molecule has 1 atom stereocenters. The van der Waals surface area contributed by atoms with Crippen molar-refractivity contribution in [3.63, 3.8) is 0 Å². The predicted octanol–water partition coefficient (Wildman–Crippen LogP) is 5.24. The number of benzene rings is 2. The number of aryl methyl sites for hydroxylation is 1. The number of aromatic hydroxyl groups is 1. The molecule has 2 aromatic carbocycles. The van der Waals surface area contributed by atoms with Gasteiger partial charge in [-0.25, -0.2) is 8.78 Å². The first-order valence-corrected chi connectivity index (χ1v) is 10.0. The van der Waals surface area contributed by atoms with Gasteiger partial charge in [0.15, 0.2) is 0 Å².